The van der Waals surface area contributed by atoms with Gasteiger partial charge in [0.15, 0.2) is 0 Å². The Bertz CT molecular complexity index is 310. The van der Waals surface area contributed by atoms with Crippen molar-refractivity contribution in [2.45, 2.75) is 0 Å². The highest BCUT2D eigenvalue weighted by atomic mass is 16.5. The molecule has 13 heavy (non-hydrogen) atoms. The monoisotopic (exact) mass is 178 g/mol. The molecule has 3 nitrogen and oxygen atoms in total. The largest absolute Gasteiger partial charge is 0.497 e. The SMILES string of the molecule is C=Cc1cccc(OC)c1B(O)O. The van der Waals surface area contributed by atoms with Gasteiger partial charge in [-0.3, -0.25) is 0 Å². The summed E-state index contributed by atoms with van der Waals surface area (Å²) in [7, 11) is -0.0576. The first-order valence-electron chi connectivity index (χ1n) is 3.86. The van der Waals surface area contributed by atoms with Crippen molar-refractivity contribution in [1.29, 1.82) is 0 Å². The molecule has 1 aromatic rings. The topological polar surface area (TPSA) is 49.7 Å². The number of hydrogen-bond acceptors (Lipinski definition) is 3. The highest BCUT2D eigenvalue weighted by molar-refractivity contribution is 6.60. The van der Waals surface area contributed by atoms with Gasteiger partial charge in [0.05, 0.1) is 7.11 Å². The van der Waals surface area contributed by atoms with E-state index in [2.05, 4.69) is 6.58 Å². The van der Waals surface area contributed by atoms with Gasteiger partial charge in [-0.25, -0.2) is 0 Å². The number of methoxy groups -OCH3 is 1. The van der Waals surface area contributed by atoms with E-state index >= 15 is 0 Å². The van der Waals surface area contributed by atoms with Gasteiger partial charge in [-0.15, -0.1) is 0 Å². The number of benzene rings is 1. The summed E-state index contributed by atoms with van der Waals surface area (Å²) < 4.78 is 4.98. The van der Waals surface area contributed by atoms with Crippen LogP contribution in [0.3, 0.4) is 0 Å². The third kappa shape index (κ3) is 1.91. The zero-order valence-corrected chi connectivity index (χ0v) is 7.40. The standard InChI is InChI=1S/C9H11BO3/c1-3-7-5-4-6-8(13-2)9(7)10(11)12/h3-6,11-12H,1H2,2H3. The lowest BCUT2D eigenvalue weighted by atomic mass is 9.76. The summed E-state index contributed by atoms with van der Waals surface area (Å²) in [4.78, 5) is 0. The Morgan fingerprint density at radius 3 is 2.62 bits per heavy atom. The summed E-state index contributed by atoms with van der Waals surface area (Å²) in [6, 6.07) is 5.17. The number of ether oxygens (including phenoxy) is 1. The van der Waals surface area contributed by atoms with Gasteiger partial charge in [-0.2, -0.15) is 0 Å². The quantitative estimate of drug-likeness (QED) is 0.641. The Morgan fingerprint density at radius 2 is 2.15 bits per heavy atom. The van der Waals surface area contributed by atoms with E-state index < -0.39 is 7.12 Å². The van der Waals surface area contributed by atoms with Crippen molar-refractivity contribution in [1.82, 2.24) is 0 Å². The average molecular weight is 178 g/mol. The van der Waals surface area contributed by atoms with Crippen LogP contribution in [0.2, 0.25) is 0 Å². The van der Waals surface area contributed by atoms with E-state index in [1.54, 1.807) is 24.3 Å². The zero-order chi connectivity index (χ0) is 9.84. The molecule has 1 rings (SSSR count). The fourth-order valence-electron chi connectivity index (χ4n) is 1.19. The first kappa shape index (κ1) is 9.83. The Morgan fingerprint density at radius 1 is 1.46 bits per heavy atom. The van der Waals surface area contributed by atoms with Gasteiger partial charge in [0, 0.05) is 5.46 Å². The third-order valence-corrected chi connectivity index (χ3v) is 1.80. The molecule has 68 valence electrons. The number of rotatable bonds is 3. The van der Waals surface area contributed by atoms with E-state index in [1.807, 2.05) is 0 Å². The van der Waals surface area contributed by atoms with Crippen LogP contribution in [0.25, 0.3) is 6.08 Å². The predicted molar refractivity (Wildman–Crippen MR) is 52.9 cm³/mol. The van der Waals surface area contributed by atoms with Crippen LogP contribution in [-0.2, 0) is 0 Å². The predicted octanol–water partition coefficient (Wildman–Crippen LogP) is 0.0180. The van der Waals surface area contributed by atoms with Crippen LogP contribution in [-0.4, -0.2) is 24.3 Å². The molecule has 0 bridgehead atoms. The van der Waals surface area contributed by atoms with Gasteiger partial charge in [0.2, 0.25) is 0 Å². The first-order chi connectivity index (χ1) is 6.20. The van der Waals surface area contributed by atoms with Crippen LogP contribution < -0.4 is 10.2 Å². The van der Waals surface area contributed by atoms with Crippen molar-refractivity contribution in [2.24, 2.45) is 0 Å². The van der Waals surface area contributed by atoms with Crippen LogP contribution >= 0.6 is 0 Å². The van der Waals surface area contributed by atoms with Gasteiger partial charge in [0.25, 0.3) is 0 Å². The molecular formula is C9H11BO3. The zero-order valence-electron chi connectivity index (χ0n) is 7.40. The fraction of sp³-hybridized carbons (Fsp3) is 0.111. The summed E-state index contributed by atoms with van der Waals surface area (Å²) in [5.41, 5.74) is 1.01. The normalized spacial score (nSPS) is 9.46. The minimum atomic E-state index is -1.54. The lowest BCUT2D eigenvalue weighted by Crippen LogP contribution is -2.33. The minimum absolute atomic E-state index is 0.347. The second kappa shape index (κ2) is 4.12. The molecule has 1 aromatic carbocycles. The van der Waals surface area contributed by atoms with Gasteiger partial charge >= 0.3 is 7.12 Å². The summed E-state index contributed by atoms with van der Waals surface area (Å²) in [6.07, 6.45) is 1.55. The molecule has 0 aliphatic heterocycles. The molecule has 0 aliphatic rings. The van der Waals surface area contributed by atoms with Crippen LogP contribution in [0.1, 0.15) is 5.56 Å². The number of hydrogen-bond donors (Lipinski definition) is 2. The molecule has 0 atom stereocenters. The fourth-order valence-corrected chi connectivity index (χ4v) is 1.19. The van der Waals surface area contributed by atoms with E-state index in [4.69, 9.17) is 14.8 Å². The lowest BCUT2D eigenvalue weighted by Gasteiger charge is -2.10. The Labute approximate surface area is 77.4 Å². The van der Waals surface area contributed by atoms with Gasteiger partial charge in [0.1, 0.15) is 5.75 Å². The van der Waals surface area contributed by atoms with Gasteiger partial charge in [-0.1, -0.05) is 24.8 Å². The summed E-state index contributed by atoms with van der Waals surface area (Å²) in [6.45, 7) is 3.57. The average Bonchev–Trinajstić information content (AvgIpc) is 2.16. The van der Waals surface area contributed by atoms with Crippen molar-refractivity contribution in [3.8, 4) is 5.75 Å². The smallest absolute Gasteiger partial charge is 0.492 e. The summed E-state index contributed by atoms with van der Waals surface area (Å²) >= 11 is 0. The molecule has 2 N–H and O–H groups in total. The molecule has 4 heteroatoms. The maximum Gasteiger partial charge on any atom is 0.492 e. The van der Waals surface area contributed by atoms with Crippen molar-refractivity contribution >= 4 is 18.7 Å². The maximum absolute atomic E-state index is 9.08. The second-order valence-electron chi connectivity index (χ2n) is 2.54. The van der Waals surface area contributed by atoms with Crippen molar-refractivity contribution in [2.75, 3.05) is 7.11 Å². The summed E-state index contributed by atoms with van der Waals surface area (Å²) in [5.74, 6) is 0.451. The van der Waals surface area contributed by atoms with Crippen molar-refractivity contribution in [3.63, 3.8) is 0 Å². The Kier molecular flexibility index (Phi) is 3.11. The van der Waals surface area contributed by atoms with Crippen LogP contribution in [0.5, 0.6) is 5.75 Å². The Balaban J connectivity index is 3.29. The van der Waals surface area contributed by atoms with E-state index in [1.165, 1.54) is 7.11 Å². The van der Waals surface area contributed by atoms with Gasteiger partial charge in [-0.05, 0) is 11.6 Å². The van der Waals surface area contributed by atoms with Crippen LogP contribution in [0.4, 0.5) is 0 Å². The van der Waals surface area contributed by atoms with E-state index in [-0.39, 0.29) is 0 Å². The highest BCUT2D eigenvalue weighted by Gasteiger charge is 2.19. The van der Waals surface area contributed by atoms with Crippen molar-refractivity contribution in [3.05, 3.63) is 30.3 Å². The maximum atomic E-state index is 9.08. The summed E-state index contributed by atoms with van der Waals surface area (Å²) in [5, 5.41) is 18.2. The molecule has 0 aliphatic carbocycles. The molecule has 0 saturated carbocycles. The van der Waals surface area contributed by atoms with Crippen LogP contribution in [0.15, 0.2) is 24.8 Å². The molecule has 0 amide bonds. The molecule has 0 fully saturated rings. The molecule has 0 spiro atoms. The van der Waals surface area contributed by atoms with E-state index in [0.717, 1.165) is 0 Å². The lowest BCUT2D eigenvalue weighted by molar-refractivity contribution is 0.403. The molecular weight excluding hydrogens is 167 g/mol. The van der Waals surface area contributed by atoms with Gasteiger partial charge < -0.3 is 14.8 Å². The second-order valence-corrected chi connectivity index (χ2v) is 2.54. The minimum Gasteiger partial charge on any atom is -0.497 e. The first-order valence-corrected chi connectivity index (χ1v) is 3.86. The molecule has 0 saturated heterocycles. The van der Waals surface area contributed by atoms with E-state index in [0.29, 0.717) is 16.8 Å². The Hall–Kier alpha value is -1.26. The third-order valence-electron chi connectivity index (χ3n) is 1.80. The highest BCUT2D eigenvalue weighted by Crippen LogP contribution is 2.11. The molecule has 0 radical (unpaired) electrons. The molecule has 0 heterocycles. The van der Waals surface area contributed by atoms with Crippen molar-refractivity contribution < 1.29 is 14.8 Å². The van der Waals surface area contributed by atoms with Crippen LogP contribution in [0, 0.1) is 0 Å². The van der Waals surface area contributed by atoms with E-state index in [9.17, 15) is 0 Å². The molecule has 0 unspecified atom stereocenters. The molecule has 0 aromatic heterocycles.